The maximum absolute atomic E-state index is 12.2. The van der Waals surface area contributed by atoms with E-state index in [-0.39, 0.29) is 5.69 Å². The minimum atomic E-state index is -5.13. The van der Waals surface area contributed by atoms with Crippen LogP contribution < -0.4 is 11.2 Å². The molecule has 1 aromatic carbocycles. The van der Waals surface area contributed by atoms with Crippen molar-refractivity contribution < 1.29 is 12.9 Å². The lowest BCUT2D eigenvalue weighted by molar-refractivity contribution is 0.501. The van der Waals surface area contributed by atoms with Crippen LogP contribution in [0.4, 0.5) is 18.6 Å². The van der Waals surface area contributed by atoms with Crippen molar-refractivity contribution in [2.24, 2.45) is 0 Å². The predicted octanol–water partition coefficient (Wildman–Crippen LogP) is 1.19. The number of nitrogen functional groups attached to an aromatic ring is 1. The van der Waals surface area contributed by atoms with Crippen LogP contribution in [0.2, 0.25) is 0 Å². The number of hydrogen-bond acceptors (Lipinski definition) is 2. The molecule has 1 rings (SSSR count). The Labute approximate surface area is 72.8 Å². The molecule has 0 radical (unpaired) electrons. The molecule has 68 valence electrons. The third-order valence-corrected chi connectivity index (χ3v) is 1.55. The van der Waals surface area contributed by atoms with Gasteiger partial charge in [-0.25, -0.2) is 0 Å². The standard InChI is InChI=1S/C7H5BF3N2/c9-8(10,11)7-2-1-6(13)3-5(7)4-12/h1-3H,13H2/q-1. The predicted molar refractivity (Wildman–Crippen MR) is 44.3 cm³/mol. The highest BCUT2D eigenvalue weighted by Gasteiger charge is 2.28. The first kappa shape index (κ1) is 9.45. The van der Waals surface area contributed by atoms with Crippen LogP contribution in [0.3, 0.4) is 0 Å². The van der Waals surface area contributed by atoms with Crippen LogP contribution in [-0.2, 0) is 0 Å². The normalized spacial score (nSPS) is 10.9. The van der Waals surface area contributed by atoms with Gasteiger partial charge in [-0.1, -0.05) is 11.5 Å². The molecule has 1 aromatic rings. The summed E-state index contributed by atoms with van der Waals surface area (Å²) in [6, 6.07) is 4.43. The number of benzene rings is 1. The highest BCUT2D eigenvalue weighted by molar-refractivity contribution is 6.74. The van der Waals surface area contributed by atoms with Crippen molar-refractivity contribution in [1.82, 2.24) is 0 Å². The van der Waals surface area contributed by atoms with Gasteiger partial charge in [-0.15, -0.1) is 0 Å². The molecule has 0 aromatic heterocycles. The third-order valence-electron chi connectivity index (χ3n) is 1.55. The van der Waals surface area contributed by atoms with Crippen molar-refractivity contribution >= 4 is 18.1 Å². The fourth-order valence-electron chi connectivity index (χ4n) is 0.956. The largest absolute Gasteiger partial charge is 0.510 e. The Hall–Kier alpha value is -1.64. The molecule has 0 spiro atoms. The van der Waals surface area contributed by atoms with Crippen LogP contribution in [0, 0.1) is 11.3 Å². The first-order valence-corrected chi connectivity index (χ1v) is 3.44. The van der Waals surface area contributed by atoms with E-state index in [4.69, 9.17) is 11.0 Å². The Morgan fingerprint density at radius 2 is 1.92 bits per heavy atom. The molecule has 0 aliphatic carbocycles. The summed E-state index contributed by atoms with van der Waals surface area (Å²) in [4.78, 5) is 0. The number of hydrogen-bond donors (Lipinski definition) is 1. The molecule has 2 nitrogen and oxygen atoms in total. The highest BCUT2D eigenvalue weighted by atomic mass is 19.4. The van der Waals surface area contributed by atoms with Gasteiger partial charge < -0.3 is 18.7 Å². The van der Waals surface area contributed by atoms with Crippen molar-refractivity contribution in [3.63, 3.8) is 0 Å². The molecule has 6 heteroatoms. The van der Waals surface area contributed by atoms with Gasteiger partial charge in [-0.3, -0.25) is 0 Å². The molecule has 0 saturated heterocycles. The summed E-state index contributed by atoms with van der Waals surface area (Å²) >= 11 is 0. The number of nitriles is 1. The minimum Gasteiger partial charge on any atom is -0.445 e. The second-order valence-corrected chi connectivity index (χ2v) is 2.53. The first-order chi connectivity index (χ1) is 5.95. The second-order valence-electron chi connectivity index (χ2n) is 2.53. The summed E-state index contributed by atoms with van der Waals surface area (Å²) in [5, 5.41) is 8.41. The zero-order chi connectivity index (χ0) is 10.1. The Bertz CT molecular complexity index is 367. The van der Waals surface area contributed by atoms with Crippen molar-refractivity contribution in [2.45, 2.75) is 0 Å². The first-order valence-electron chi connectivity index (χ1n) is 3.44. The summed E-state index contributed by atoms with van der Waals surface area (Å²) in [6.07, 6.45) is 0. The van der Waals surface area contributed by atoms with Crippen molar-refractivity contribution in [3.8, 4) is 6.07 Å². The quantitative estimate of drug-likeness (QED) is 0.527. The van der Waals surface area contributed by atoms with Crippen LogP contribution in [0.25, 0.3) is 0 Å². The lowest BCUT2D eigenvalue weighted by Gasteiger charge is -2.16. The Kier molecular flexibility index (Phi) is 2.19. The van der Waals surface area contributed by atoms with Gasteiger partial charge in [-0.05, 0) is 12.1 Å². The van der Waals surface area contributed by atoms with E-state index in [9.17, 15) is 12.9 Å². The number of halogens is 3. The maximum atomic E-state index is 12.2. The number of nitrogens with zero attached hydrogens (tertiary/aromatic N) is 1. The van der Waals surface area contributed by atoms with Gasteiger partial charge in [0.25, 0.3) is 0 Å². The third kappa shape index (κ3) is 1.93. The topological polar surface area (TPSA) is 49.8 Å². The fraction of sp³-hybridized carbons (Fsp3) is 0. The van der Waals surface area contributed by atoms with Crippen molar-refractivity contribution in [3.05, 3.63) is 23.8 Å². The summed E-state index contributed by atoms with van der Waals surface area (Å²) < 4.78 is 36.7. The molecule has 2 N–H and O–H groups in total. The van der Waals surface area contributed by atoms with E-state index in [0.717, 1.165) is 18.2 Å². The summed E-state index contributed by atoms with van der Waals surface area (Å²) in [6.45, 7) is -5.13. The molecule has 0 aliphatic rings. The molecule has 0 aliphatic heterocycles. The van der Waals surface area contributed by atoms with E-state index >= 15 is 0 Å². The van der Waals surface area contributed by atoms with Crippen molar-refractivity contribution in [1.29, 1.82) is 5.26 Å². The lowest BCUT2D eigenvalue weighted by Crippen LogP contribution is -2.36. The van der Waals surface area contributed by atoms with Gasteiger partial charge in [-0.2, -0.15) is 5.26 Å². The van der Waals surface area contributed by atoms with E-state index < -0.39 is 18.0 Å². The smallest absolute Gasteiger partial charge is 0.445 e. The summed E-state index contributed by atoms with van der Waals surface area (Å²) in [7, 11) is 0. The van der Waals surface area contributed by atoms with Crippen LogP contribution >= 0.6 is 0 Å². The second kappa shape index (κ2) is 3.01. The zero-order valence-electron chi connectivity index (χ0n) is 6.47. The Balaban J connectivity index is 3.32. The minimum absolute atomic E-state index is 0.153. The van der Waals surface area contributed by atoms with E-state index in [1.165, 1.54) is 6.07 Å². The number of rotatable bonds is 1. The molecule has 13 heavy (non-hydrogen) atoms. The molecule has 0 amide bonds. The van der Waals surface area contributed by atoms with Crippen LogP contribution in [0.15, 0.2) is 18.2 Å². The van der Waals surface area contributed by atoms with Gasteiger partial charge in [0.1, 0.15) is 0 Å². The molecular weight excluding hydrogens is 180 g/mol. The van der Waals surface area contributed by atoms with Gasteiger partial charge in [0.15, 0.2) is 0 Å². The van der Waals surface area contributed by atoms with E-state index in [1.54, 1.807) is 0 Å². The van der Waals surface area contributed by atoms with Crippen LogP contribution in [0.5, 0.6) is 0 Å². The summed E-state index contributed by atoms with van der Waals surface area (Å²) in [5.74, 6) is 0. The maximum Gasteiger partial charge on any atom is 0.510 e. The highest BCUT2D eigenvalue weighted by Crippen LogP contribution is 2.13. The van der Waals surface area contributed by atoms with Gasteiger partial charge in [0, 0.05) is 11.3 Å². The summed E-state index contributed by atoms with van der Waals surface area (Å²) in [5.41, 5.74) is 4.07. The number of anilines is 1. The van der Waals surface area contributed by atoms with E-state index in [0.29, 0.717) is 0 Å². The Morgan fingerprint density at radius 1 is 1.31 bits per heavy atom. The molecule has 0 saturated carbocycles. The van der Waals surface area contributed by atoms with Crippen molar-refractivity contribution in [2.75, 3.05) is 5.73 Å². The lowest BCUT2D eigenvalue weighted by atomic mass is 9.77. The molecule has 0 bridgehead atoms. The Morgan fingerprint density at radius 3 is 2.38 bits per heavy atom. The number of nitrogens with two attached hydrogens (primary N) is 1. The average molecular weight is 185 g/mol. The molecular formula is C7H5BF3N2-. The van der Waals surface area contributed by atoms with Gasteiger partial charge in [0.05, 0.1) is 6.07 Å². The molecule has 0 heterocycles. The van der Waals surface area contributed by atoms with Crippen LogP contribution in [-0.4, -0.2) is 6.98 Å². The van der Waals surface area contributed by atoms with Gasteiger partial charge in [0.2, 0.25) is 0 Å². The van der Waals surface area contributed by atoms with Gasteiger partial charge >= 0.3 is 6.98 Å². The van der Waals surface area contributed by atoms with E-state index in [1.807, 2.05) is 0 Å². The van der Waals surface area contributed by atoms with Crippen LogP contribution in [0.1, 0.15) is 5.56 Å². The SMILES string of the molecule is N#Cc1cc(N)ccc1[B-](F)(F)F. The van der Waals surface area contributed by atoms with E-state index in [2.05, 4.69) is 0 Å². The average Bonchev–Trinajstić information content (AvgIpc) is 2.01. The molecule has 0 atom stereocenters. The zero-order valence-corrected chi connectivity index (χ0v) is 6.47. The fourth-order valence-corrected chi connectivity index (χ4v) is 0.956. The monoisotopic (exact) mass is 185 g/mol. The molecule has 0 unspecified atom stereocenters. The molecule has 0 fully saturated rings.